The van der Waals surface area contributed by atoms with E-state index in [4.69, 9.17) is 9.47 Å². The Balaban J connectivity index is 1.58. The highest BCUT2D eigenvalue weighted by Crippen LogP contribution is 2.39. The second-order valence-corrected chi connectivity index (χ2v) is 7.77. The molecule has 29 heavy (non-hydrogen) atoms. The summed E-state index contributed by atoms with van der Waals surface area (Å²) in [6.07, 6.45) is 4.45. The summed E-state index contributed by atoms with van der Waals surface area (Å²) in [4.78, 5) is 2.26. The maximum Gasteiger partial charge on any atom is 0.161 e. The quantitative estimate of drug-likeness (QED) is 0.692. The Bertz CT molecular complexity index is 970. The van der Waals surface area contributed by atoms with Crippen molar-refractivity contribution >= 4 is 16.6 Å². The Morgan fingerprint density at radius 1 is 1.03 bits per heavy atom. The molecule has 1 aliphatic rings. The molecule has 1 N–H and O–H groups in total. The zero-order valence-electron chi connectivity index (χ0n) is 17.0. The average Bonchev–Trinajstić information content (AvgIpc) is 2.79. The molecule has 0 unspecified atom stereocenters. The van der Waals surface area contributed by atoms with Crippen LogP contribution in [0.2, 0.25) is 0 Å². The first kappa shape index (κ1) is 19.5. The van der Waals surface area contributed by atoms with Gasteiger partial charge in [0, 0.05) is 35.9 Å². The molecule has 6 nitrogen and oxygen atoms in total. The highest BCUT2D eigenvalue weighted by Gasteiger charge is 2.35. The number of fused-ring (bicyclic) bond motifs is 1. The summed E-state index contributed by atoms with van der Waals surface area (Å²) in [5.74, 6) is 2.22. The van der Waals surface area contributed by atoms with E-state index in [-0.39, 0.29) is 12.0 Å². The Morgan fingerprint density at radius 3 is 2.38 bits per heavy atom. The van der Waals surface area contributed by atoms with Crippen molar-refractivity contribution in [1.82, 2.24) is 10.2 Å². The van der Waals surface area contributed by atoms with Gasteiger partial charge in [0.1, 0.15) is 0 Å². The Hall–Kier alpha value is -2.86. The molecule has 0 radical (unpaired) electrons. The Kier molecular flexibility index (Phi) is 5.53. The molecule has 0 atom stereocenters. The zero-order chi connectivity index (χ0) is 20.3. The highest BCUT2D eigenvalue weighted by molar-refractivity contribution is 5.94. The van der Waals surface area contributed by atoms with E-state index in [0.29, 0.717) is 11.5 Å². The second kappa shape index (κ2) is 8.25. The number of hydrogen-bond donors (Lipinski definition) is 1. The van der Waals surface area contributed by atoms with Gasteiger partial charge < -0.3 is 19.5 Å². The van der Waals surface area contributed by atoms with E-state index < -0.39 is 0 Å². The third-order valence-corrected chi connectivity index (χ3v) is 6.03. The second-order valence-electron chi connectivity index (χ2n) is 7.77. The fourth-order valence-electron chi connectivity index (χ4n) is 4.24. The molecule has 152 valence electrons. The fraction of sp³-hybridized carbons (Fsp3) is 0.391. The number of ether oxygens (including phenoxy) is 2. The Morgan fingerprint density at radius 2 is 1.72 bits per heavy atom. The van der Waals surface area contributed by atoms with Crippen LogP contribution in [0.3, 0.4) is 0 Å². The normalized spacial score (nSPS) is 16.0. The monoisotopic (exact) mass is 393 g/mol. The third-order valence-electron chi connectivity index (χ3n) is 6.03. The van der Waals surface area contributed by atoms with Gasteiger partial charge in [-0.25, -0.2) is 0 Å². The fourth-order valence-corrected chi connectivity index (χ4v) is 4.24. The summed E-state index contributed by atoms with van der Waals surface area (Å²) in [6.45, 7) is 1.85. The molecule has 0 saturated carbocycles. The molecule has 0 spiro atoms. The molecule has 0 amide bonds. The number of nitrogens with zero attached hydrogens (tertiary/aromatic N) is 3. The number of anilines is 1. The van der Waals surface area contributed by atoms with Gasteiger partial charge in [-0.1, -0.05) is 30.3 Å². The summed E-state index contributed by atoms with van der Waals surface area (Å²) < 4.78 is 10.9. The summed E-state index contributed by atoms with van der Waals surface area (Å²) in [5.41, 5.74) is 1.19. The SMILES string of the molecule is COc1cc2cnnc(N3CCC(CO)(Cc4ccccc4)CC3)c2cc1OC. The topological polar surface area (TPSA) is 67.7 Å². The van der Waals surface area contributed by atoms with Crippen molar-refractivity contribution in [2.45, 2.75) is 19.3 Å². The number of benzene rings is 2. The number of aliphatic hydroxyl groups excluding tert-OH is 1. The van der Waals surface area contributed by atoms with Crippen molar-refractivity contribution in [1.29, 1.82) is 0 Å². The van der Waals surface area contributed by atoms with Crippen LogP contribution in [0.5, 0.6) is 11.5 Å². The van der Waals surface area contributed by atoms with Crippen LogP contribution in [0.1, 0.15) is 18.4 Å². The van der Waals surface area contributed by atoms with Crippen molar-refractivity contribution in [2.75, 3.05) is 38.8 Å². The molecule has 4 rings (SSSR count). The lowest BCUT2D eigenvalue weighted by Crippen LogP contribution is -2.43. The number of rotatable bonds is 6. The molecular formula is C23H27N3O3. The van der Waals surface area contributed by atoms with Gasteiger partial charge in [0.2, 0.25) is 0 Å². The van der Waals surface area contributed by atoms with Crippen LogP contribution in [0, 0.1) is 5.41 Å². The molecule has 1 aromatic heterocycles. The van der Waals surface area contributed by atoms with E-state index in [1.165, 1.54) is 5.56 Å². The van der Waals surface area contributed by atoms with Gasteiger partial charge in [0.25, 0.3) is 0 Å². The molecule has 3 aromatic rings. The molecule has 2 heterocycles. The summed E-state index contributed by atoms with van der Waals surface area (Å²) in [7, 11) is 3.27. The molecule has 0 bridgehead atoms. The molecular weight excluding hydrogens is 366 g/mol. The van der Waals surface area contributed by atoms with E-state index in [1.807, 2.05) is 18.2 Å². The first-order chi connectivity index (χ1) is 14.2. The number of aliphatic hydroxyl groups is 1. The van der Waals surface area contributed by atoms with Gasteiger partial charge in [-0.3, -0.25) is 0 Å². The smallest absolute Gasteiger partial charge is 0.161 e. The van der Waals surface area contributed by atoms with Gasteiger partial charge in [-0.2, -0.15) is 5.10 Å². The molecule has 1 fully saturated rings. The van der Waals surface area contributed by atoms with Crippen LogP contribution in [0.4, 0.5) is 5.82 Å². The summed E-state index contributed by atoms with van der Waals surface area (Å²) in [5, 5.41) is 20.8. The minimum atomic E-state index is -0.0865. The summed E-state index contributed by atoms with van der Waals surface area (Å²) >= 11 is 0. The van der Waals surface area contributed by atoms with Crippen molar-refractivity contribution < 1.29 is 14.6 Å². The predicted molar refractivity (Wildman–Crippen MR) is 114 cm³/mol. The third kappa shape index (κ3) is 3.85. The first-order valence-electron chi connectivity index (χ1n) is 9.95. The van der Waals surface area contributed by atoms with Crippen molar-refractivity contribution in [3.8, 4) is 11.5 Å². The van der Waals surface area contributed by atoms with Crippen molar-refractivity contribution in [2.24, 2.45) is 5.41 Å². The van der Waals surface area contributed by atoms with Gasteiger partial charge in [0.05, 0.1) is 20.4 Å². The van der Waals surface area contributed by atoms with Crippen LogP contribution < -0.4 is 14.4 Å². The number of piperidine rings is 1. The predicted octanol–water partition coefficient (Wildman–Crippen LogP) is 3.47. The molecule has 1 saturated heterocycles. The highest BCUT2D eigenvalue weighted by atomic mass is 16.5. The maximum atomic E-state index is 10.2. The minimum Gasteiger partial charge on any atom is -0.493 e. The van der Waals surface area contributed by atoms with Crippen molar-refractivity contribution in [3.63, 3.8) is 0 Å². The lowest BCUT2D eigenvalue weighted by Gasteiger charge is -2.41. The Labute approximate surface area is 171 Å². The lowest BCUT2D eigenvalue weighted by molar-refractivity contribution is 0.0961. The van der Waals surface area contributed by atoms with Crippen LogP contribution >= 0.6 is 0 Å². The summed E-state index contributed by atoms with van der Waals surface area (Å²) in [6, 6.07) is 14.3. The standard InChI is InChI=1S/C23H27N3O3/c1-28-20-12-18-15-24-25-22(19(18)13-21(20)29-2)26-10-8-23(16-27,9-11-26)14-17-6-4-3-5-7-17/h3-7,12-13,15,27H,8-11,14,16H2,1-2H3. The molecule has 0 aliphatic carbocycles. The minimum absolute atomic E-state index is 0.0865. The van der Waals surface area contributed by atoms with Crippen LogP contribution in [0.15, 0.2) is 48.7 Å². The lowest BCUT2D eigenvalue weighted by atomic mass is 9.74. The van der Waals surface area contributed by atoms with Gasteiger partial charge in [-0.15, -0.1) is 5.10 Å². The van der Waals surface area contributed by atoms with E-state index in [0.717, 1.165) is 48.9 Å². The number of aromatic nitrogens is 2. The van der Waals surface area contributed by atoms with E-state index in [9.17, 15) is 5.11 Å². The van der Waals surface area contributed by atoms with Gasteiger partial charge >= 0.3 is 0 Å². The number of hydrogen-bond acceptors (Lipinski definition) is 6. The average molecular weight is 393 g/mol. The van der Waals surface area contributed by atoms with Crippen LogP contribution in [-0.2, 0) is 6.42 Å². The van der Waals surface area contributed by atoms with Gasteiger partial charge in [0.15, 0.2) is 17.3 Å². The van der Waals surface area contributed by atoms with E-state index in [2.05, 4.69) is 39.4 Å². The zero-order valence-corrected chi connectivity index (χ0v) is 17.0. The van der Waals surface area contributed by atoms with Gasteiger partial charge in [-0.05, 0) is 37.0 Å². The molecule has 2 aromatic carbocycles. The largest absolute Gasteiger partial charge is 0.493 e. The maximum absolute atomic E-state index is 10.2. The molecule has 1 aliphatic heterocycles. The van der Waals surface area contributed by atoms with E-state index in [1.54, 1.807) is 20.4 Å². The molecule has 6 heteroatoms. The number of methoxy groups -OCH3 is 2. The van der Waals surface area contributed by atoms with Crippen molar-refractivity contribution in [3.05, 3.63) is 54.2 Å². The van der Waals surface area contributed by atoms with Crippen LogP contribution in [0.25, 0.3) is 10.8 Å². The van der Waals surface area contributed by atoms with Crippen LogP contribution in [-0.4, -0.2) is 49.2 Å². The first-order valence-corrected chi connectivity index (χ1v) is 9.95. The van der Waals surface area contributed by atoms with E-state index >= 15 is 0 Å².